The number of aromatic nitrogens is 2. The predicted octanol–water partition coefficient (Wildman–Crippen LogP) is 2.24. The first-order valence-corrected chi connectivity index (χ1v) is 8.32. The molecule has 2 heterocycles. The number of piperidine rings is 1. The van der Waals surface area contributed by atoms with E-state index < -0.39 is 0 Å². The van der Waals surface area contributed by atoms with Crippen molar-refractivity contribution in [3.8, 4) is 5.88 Å². The van der Waals surface area contributed by atoms with Crippen molar-refractivity contribution in [2.75, 3.05) is 25.5 Å². The van der Waals surface area contributed by atoms with Crippen LogP contribution in [0.15, 0.2) is 24.4 Å². The number of anilines is 1. The third kappa shape index (κ3) is 4.21. The summed E-state index contributed by atoms with van der Waals surface area (Å²) in [5.41, 5.74) is 0. The topological polar surface area (TPSA) is 67.3 Å². The maximum Gasteiger partial charge on any atom is 0.226 e. The van der Waals surface area contributed by atoms with Crippen molar-refractivity contribution in [1.29, 1.82) is 0 Å². The standard InChI is InChI=1S/C17H24N4O2/c1-23-15-6-9-18-17(20-15)19-14-7-10-21(11-8-14)16(22)12-13-4-2-3-5-13/h2,4,6,9,13-14H,3,5,7-8,10-12H2,1H3,(H,18,19,20)/t13-/m1/s1. The highest BCUT2D eigenvalue weighted by Crippen LogP contribution is 2.23. The van der Waals surface area contributed by atoms with Gasteiger partial charge in [-0.25, -0.2) is 4.98 Å². The molecule has 0 radical (unpaired) electrons. The van der Waals surface area contributed by atoms with Crippen LogP contribution in [0, 0.1) is 5.92 Å². The molecule has 0 spiro atoms. The number of methoxy groups -OCH3 is 1. The number of nitrogens with zero attached hydrogens (tertiary/aromatic N) is 3. The van der Waals surface area contributed by atoms with E-state index >= 15 is 0 Å². The average Bonchev–Trinajstić information content (AvgIpc) is 3.08. The van der Waals surface area contributed by atoms with Crippen molar-refractivity contribution in [3.63, 3.8) is 0 Å². The van der Waals surface area contributed by atoms with E-state index in [0.717, 1.165) is 38.8 Å². The Morgan fingerprint density at radius 3 is 2.91 bits per heavy atom. The molecule has 2 aliphatic rings. The zero-order valence-corrected chi connectivity index (χ0v) is 13.6. The summed E-state index contributed by atoms with van der Waals surface area (Å²) < 4.78 is 5.11. The first-order valence-electron chi connectivity index (χ1n) is 8.32. The van der Waals surface area contributed by atoms with Gasteiger partial charge in [0.25, 0.3) is 0 Å². The predicted molar refractivity (Wildman–Crippen MR) is 88.3 cm³/mol. The molecule has 6 nitrogen and oxygen atoms in total. The number of amides is 1. The molecule has 1 saturated heterocycles. The molecule has 1 aliphatic heterocycles. The number of carbonyl (C=O) groups excluding carboxylic acids is 1. The monoisotopic (exact) mass is 316 g/mol. The van der Waals surface area contributed by atoms with Crippen LogP contribution in [0.5, 0.6) is 5.88 Å². The van der Waals surface area contributed by atoms with Gasteiger partial charge in [0.1, 0.15) is 0 Å². The van der Waals surface area contributed by atoms with Gasteiger partial charge in [0.2, 0.25) is 17.7 Å². The van der Waals surface area contributed by atoms with Crippen molar-refractivity contribution in [3.05, 3.63) is 24.4 Å². The van der Waals surface area contributed by atoms with Gasteiger partial charge in [-0.05, 0) is 31.6 Å². The lowest BCUT2D eigenvalue weighted by atomic mass is 10.0. The van der Waals surface area contributed by atoms with Crippen LogP contribution in [0.4, 0.5) is 5.95 Å². The first kappa shape index (κ1) is 15.8. The van der Waals surface area contributed by atoms with Crippen molar-refractivity contribution in [2.24, 2.45) is 5.92 Å². The van der Waals surface area contributed by atoms with E-state index in [1.807, 2.05) is 4.90 Å². The molecule has 23 heavy (non-hydrogen) atoms. The van der Waals surface area contributed by atoms with E-state index in [2.05, 4.69) is 27.4 Å². The van der Waals surface area contributed by atoms with E-state index in [1.165, 1.54) is 0 Å². The van der Waals surface area contributed by atoms with Crippen LogP contribution in [0.1, 0.15) is 32.1 Å². The van der Waals surface area contributed by atoms with Gasteiger partial charge in [-0.3, -0.25) is 4.79 Å². The number of ether oxygens (including phenoxy) is 1. The van der Waals surface area contributed by atoms with Gasteiger partial charge < -0.3 is 15.0 Å². The second kappa shape index (κ2) is 7.44. The normalized spacial score (nSPS) is 21.4. The zero-order chi connectivity index (χ0) is 16.1. The van der Waals surface area contributed by atoms with Gasteiger partial charge in [0.05, 0.1) is 7.11 Å². The molecule has 0 unspecified atom stereocenters. The van der Waals surface area contributed by atoms with Crippen LogP contribution in [-0.2, 0) is 4.79 Å². The van der Waals surface area contributed by atoms with E-state index in [9.17, 15) is 4.79 Å². The Morgan fingerprint density at radius 2 is 2.22 bits per heavy atom. The molecule has 0 aromatic carbocycles. The summed E-state index contributed by atoms with van der Waals surface area (Å²) in [5, 5.41) is 3.34. The summed E-state index contributed by atoms with van der Waals surface area (Å²) in [6.07, 6.45) is 10.8. The molecule has 1 fully saturated rings. The molecule has 1 aliphatic carbocycles. The van der Waals surface area contributed by atoms with Gasteiger partial charge >= 0.3 is 0 Å². The largest absolute Gasteiger partial charge is 0.481 e. The molecule has 0 bridgehead atoms. The minimum absolute atomic E-state index is 0.289. The lowest BCUT2D eigenvalue weighted by Crippen LogP contribution is -2.43. The minimum atomic E-state index is 0.289. The number of hydrogen-bond donors (Lipinski definition) is 1. The fourth-order valence-electron chi connectivity index (χ4n) is 3.20. The van der Waals surface area contributed by atoms with Crippen LogP contribution in [0.25, 0.3) is 0 Å². The van der Waals surface area contributed by atoms with Crippen molar-refractivity contribution in [2.45, 2.75) is 38.1 Å². The number of nitrogens with one attached hydrogen (secondary N) is 1. The maximum atomic E-state index is 12.3. The van der Waals surface area contributed by atoms with Crippen LogP contribution in [0.3, 0.4) is 0 Å². The second-order valence-corrected chi connectivity index (χ2v) is 6.19. The summed E-state index contributed by atoms with van der Waals surface area (Å²) in [6.45, 7) is 1.60. The molecule has 1 atom stereocenters. The molecule has 1 aromatic rings. The number of rotatable bonds is 5. The van der Waals surface area contributed by atoms with Crippen LogP contribution in [0.2, 0.25) is 0 Å². The second-order valence-electron chi connectivity index (χ2n) is 6.19. The van der Waals surface area contributed by atoms with Crippen LogP contribution < -0.4 is 10.1 Å². The Balaban J connectivity index is 1.46. The van der Waals surface area contributed by atoms with E-state index in [-0.39, 0.29) is 5.91 Å². The number of carbonyl (C=O) groups is 1. The summed E-state index contributed by atoms with van der Waals surface area (Å²) in [6, 6.07) is 2.03. The number of likely N-dealkylation sites (tertiary alicyclic amines) is 1. The van der Waals surface area contributed by atoms with Gasteiger partial charge in [-0.2, -0.15) is 4.98 Å². The van der Waals surface area contributed by atoms with Gasteiger partial charge in [-0.1, -0.05) is 12.2 Å². The Labute approximate surface area is 136 Å². The smallest absolute Gasteiger partial charge is 0.226 e. The average molecular weight is 316 g/mol. The fraction of sp³-hybridized carbons (Fsp3) is 0.588. The van der Waals surface area contributed by atoms with E-state index in [1.54, 1.807) is 19.4 Å². The third-order valence-electron chi connectivity index (χ3n) is 4.57. The van der Waals surface area contributed by atoms with Gasteiger partial charge in [0, 0.05) is 37.8 Å². The molecule has 1 amide bonds. The molecular weight excluding hydrogens is 292 g/mol. The molecule has 0 saturated carbocycles. The van der Waals surface area contributed by atoms with Crippen molar-refractivity contribution >= 4 is 11.9 Å². The summed E-state index contributed by atoms with van der Waals surface area (Å²) in [7, 11) is 1.59. The molecule has 1 N–H and O–H groups in total. The minimum Gasteiger partial charge on any atom is -0.481 e. The molecule has 124 valence electrons. The van der Waals surface area contributed by atoms with Crippen molar-refractivity contribution < 1.29 is 9.53 Å². The van der Waals surface area contributed by atoms with E-state index in [0.29, 0.717) is 30.2 Å². The number of allylic oxidation sites excluding steroid dienone is 2. The summed E-state index contributed by atoms with van der Waals surface area (Å²) in [5.74, 6) is 1.88. The van der Waals surface area contributed by atoms with Crippen LogP contribution in [-0.4, -0.2) is 47.0 Å². The molecule has 1 aromatic heterocycles. The quantitative estimate of drug-likeness (QED) is 0.844. The SMILES string of the molecule is COc1ccnc(NC2CCN(C(=O)C[C@@H]3C=CCC3)CC2)n1. The summed E-state index contributed by atoms with van der Waals surface area (Å²) in [4.78, 5) is 22.8. The zero-order valence-electron chi connectivity index (χ0n) is 13.6. The van der Waals surface area contributed by atoms with Crippen LogP contribution >= 0.6 is 0 Å². The molecule has 3 rings (SSSR count). The Hall–Kier alpha value is -2.11. The first-order chi connectivity index (χ1) is 11.2. The fourth-order valence-corrected chi connectivity index (χ4v) is 3.20. The summed E-state index contributed by atoms with van der Waals surface area (Å²) >= 11 is 0. The molecular formula is C17H24N4O2. The molecule has 6 heteroatoms. The highest BCUT2D eigenvalue weighted by Gasteiger charge is 2.25. The van der Waals surface area contributed by atoms with Gasteiger partial charge in [-0.15, -0.1) is 0 Å². The Morgan fingerprint density at radius 1 is 1.39 bits per heavy atom. The maximum absolute atomic E-state index is 12.3. The Kier molecular flexibility index (Phi) is 5.10. The van der Waals surface area contributed by atoms with Crippen molar-refractivity contribution in [1.82, 2.24) is 14.9 Å². The lowest BCUT2D eigenvalue weighted by Gasteiger charge is -2.33. The number of hydrogen-bond acceptors (Lipinski definition) is 5. The van der Waals surface area contributed by atoms with Gasteiger partial charge in [0.15, 0.2) is 0 Å². The highest BCUT2D eigenvalue weighted by molar-refractivity contribution is 5.76. The Bertz CT molecular complexity index is 567. The lowest BCUT2D eigenvalue weighted by molar-refractivity contribution is -0.132. The third-order valence-corrected chi connectivity index (χ3v) is 4.57. The van der Waals surface area contributed by atoms with E-state index in [4.69, 9.17) is 4.74 Å². The highest BCUT2D eigenvalue weighted by atomic mass is 16.5.